The van der Waals surface area contributed by atoms with Crippen molar-refractivity contribution in [2.24, 2.45) is 5.41 Å². The molecule has 0 fully saturated rings. The first kappa shape index (κ1) is 23.4. The van der Waals surface area contributed by atoms with Crippen LogP contribution in [0, 0.1) is 23.7 Å². The Kier molecular flexibility index (Phi) is 6.89. The first-order valence-electron chi connectivity index (χ1n) is 9.59. The maximum absolute atomic E-state index is 13.8. The standard InChI is InChI=1S/C24H27NO4S/c1-6-16-24(17-25,30(27,28)20-14-12-18(2)13-15-20)21(19-10-8-7-9-11-19)29-22(26)23(3,4)5/h6-15,21H,1,16H2,2-5H3. The van der Waals surface area contributed by atoms with Crippen LogP contribution in [0.25, 0.3) is 0 Å². The van der Waals surface area contributed by atoms with E-state index in [0.717, 1.165) is 5.56 Å². The molecule has 158 valence electrons. The Hall–Kier alpha value is -2.91. The summed E-state index contributed by atoms with van der Waals surface area (Å²) in [6.45, 7) is 10.5. The third-order valence-corrected chi connectivity index (χ3v) is 7.13. The number of hydrogen-bond donors (Lipinski definition) is 0. The molecule has 0 heterocycles. The summed E-state index contributed by atoms with van der Waals surface area (Å²) in [4.78, 5) is 12.8. The minimum atomic E-state index is -4.24. The molecule has 2 atom stereocenters. The zero-order chi connectivity index (χ0) is 22.6. The fraction of sp³-hybridized carbons (Fsp3) is 0.333. The fourth-order valence-corrected chi connectivity index (χ4v) is 4.85. The van der Waals surface area contributed by atoms with E-state index in [1.807, 2.05) is 13.0 Å². The summed E-state index contributed by atoms with van der Waals surface area (Å²) in [6, 6.07) is 16.7. The van der Waals surface area contributed by atoms with E-state index in [9.17, 15) is 18.5 Å². The Balaban J connectivity index is 2.77. The van der Waals surface area contributed by atoms with Crippen LogP contribution in [0.1, 0.15) is 44.4 Å². The van der Waals surface area contributed by atoms with Gasteiger partial charge in [0.25, 0.3) is 0 Å². The second kappa shape index (κ2) is 8.85. The van der Waals surface area contributed by atoms with Crippen LogP contribution in [0.3, 0.4) is 0 Å². The van der Waals surface area contributed by atoms with Gasteiger partial charge in [-0.25, -0.2) is 8.42 Å². The number of carbonyl (C=O) groups is 1. The van der Waals surface area contributed by atoms with Gasteiger partial charge in [-0.15, -0.1) is 6.58 Å². The Morgan fingerprint density at radius 1 is 1.13 bits per heavy atom. The Labute approximate surface area is 178 Å². The van der Waals surface area contributed by atoms with Crippen LogP contribution in [0.15, 0.2) is 72.1 Å². The number of carbonyl (C=O) groups excluding carboxylic acids is 1. The molecule has 0 N–H and O–H groups in total. The maximum Gasteiger partial charge on any atom is 0.311 e. The molecule has 2 aromatic rings. The van der Waals surface area contributed by atoms with Crippen LogP contribution in [0.4, 0.5) is 0 Å². The molecular weight excluding hydrogens is 398 g/mol. The molecule has 0 aliphatic heterocycles. The lowest BCUT2D eigenvalue weighted by Crippen LogP contribution is -2.46. The van der Waals surface area contributed by atoms with Gasteiger partial charge in [0, 0.05) is 6.42 Å². The van der Waals surface area contributed by atoms with E-state index in [0.29, 0.717) is 5.56 Å². The zero-order valence-electron chi connectivity index (χ0n) is 17.8. The van der Waals surface area contributed by atoms with E-state index >= 15 is 0 Å². The third kappa shape index (κ3) is 4.47. The fourth-order valence-electron chi connectivity index (χ4n) is 3.01. The van der Waals surface area contributed by atoms with Gasteiger partial charge >= 0.3 is 5.97 Å². The van der Waals surface area contributed by atoms with Gasteiger partial charge in [0.2, 0.25) is 14.6 Å². The molecule has 5 nitrogen and oxygen atoms in total. The number of benzene rings is 2. The van der Waals surface area contributed by atoms with Crippen LogP contribution >= 0.6 is 0 Å². The molecule has 30 heavy (non-hydrogen) atoms. The largest absolute Gasteiger partial charge is 0.454 e. The summed E-state index contributed by atoms with van der Waals surface area (Å²) in [5.41, 5.74) is 0.434. The molecule has 2 aromatic carbocycles. The second-order valence-electron chi connectivity index (χ2n) is 8.26. The van der Waals surface area contributed by atoms with Crippen molar-refractivity contribution < 1.29 is 17.9 Å². The molecule has 0 spiro atoms. The molecule has 0 aliphatic carbocycles. The van der Waals surface area contributed by atoms with E-state index in [4.69, 9.17) is 4.74 Å². The van der Waals surface area contributed by atoms with Crippen molar-refractivity contribution in [2.45, 2.75) is 49.9 Å². The minimum Gasteiger partial charge on any atom is -0.454 e. The van der Waals surface area contributed by atoms with E-state index in [2.05, 4.69) is 6.58 Å². The smallest absolute Gasteiger partial charge is 0.311 e. The molecular formula is C24H27NO4S. The van der Waals surface area contributed by atoms with E-state index in [1.54, 1.807) is 63.2 Å². The number of allylic oxidation sites excluding steroid dienone is 1. The first-order chi connectivity index (χ1) is 14.0. The van der Waals surface area contributed by atoms with Gasteiger partial charge in [0.15, 0.2) is 6.10 Å². The number of nitrogens with zero attached hydrogens (tertiary/aromatic N) is 1. The lowest BCUT2D eigenvalue weighted by Gasteiger charge is -2.35. The van der Waals surface area contributed by atoms with Gasteiger partial charge in [-0.2, -0.15) is 5.26 Å². The number of rotatable bonds is 7. The number of nitriles is 1. The van der Waals surface area contributed by atoms with Gasteiger partial charge in [0.05, 0.1) is 16.4 Å². The summed E-state index contributed by atoms with van der Waals surface area (Å²) < 4.78 is 31.2. The van der Waals surface area contributed by atoms with Crippen molar-refractivity contribution in [3.63, 3.8) is 0 Å². The van der Waals surface area contributed by atoms with Crippen molar-refractivity contribution in [3.05, 3.63) is 78.4 Å². The molecule has 0 saturated carbocycles. The monoisotopic (exact) mass is 425 g/mol. The Morgan fingerprint density at radius 2 is 1.70 bits per heavy atom. The van der Waals surface area contributed by atoms with Crippen molar-refractivity contribution in [2.75, 3.05) is 0 Å². The quantitative estimate of drug-likeness (QED) is 0.463. The number of hydrogen-bond acceptors (Lipinski definition) is 5. The summed E-state index contributed by atoms with van der Waals surface area (Å²) in [7, 11) is -4.24. The van der Waals surface area contributed by atoms with Crippen LogP contribution < -0.4 is 0 Å². The van der Waals surface area contributed by atoms with Crippen molar-refractivity contribution in [1.29, 1.82) is 5.26 Å². The van der Waals surface area contributed by atoms with Crippen LogP contribution in [0.2, 0.25) is 0 Å². The maximum atomic E-state index is 13.8. The lowest BCUT2D eigenvalue weighted by atomic mass is 9.91. The SMILES string of the molecule is C=CCC(C#N)(C(OC(=O)C(C)(C)C)c1ccccc1)S(=O)(=O)c1ccc(C)cc1. The molecule has 0 aromatic heterocycles. The predicted molar refractivity (Wildman–Crippen MR) is 116 cm³/mol. The predicted octanol–water partition coefficient (Wildman–Crippen LogP) is 4.94. The number of esters is 1. The van der Waals surface area contributed by atoms with Gasteiger partial charge in [-0.05, 0) is 45.4 Å². The normalized spacial score (nSPS) is 14.8. The molecule has 2 rings (SSSR count). The highest BCUT2D eigenvalue weighted by atomic mass is 32.2. The summed E-state index contributed by atoms with van der Waals surface area (Å²) in [5.74, 6) is -0.598. The van der Waals surface area contributed by atoms with Gasteiger partial charge in [-0.3, -0.25) is 4.79 Å². The molecule has 0 aliphatic rings. The van der Waals surface area contributed by atoms with E-state index < -0.39 is 32.1 Å². The average Bonchev–Trinajstić information content (AvgIpc) is 2.70. The molecule has 6 heteroatoms. The number of sulfone groups is 1. The lowest BCUT2D eigenvalue weighted by molar-refractivity contribution is -0.160. The highest BCUT2D eigenvalue weighted by Gasteiger charge is 2.54. The van der Waals surface area contributed by atoms with E-state index in [1.165, 1.54) is 18.2 Å². The topological polar surface area (TPSA) is 84.2 Å². The summed E-state index contributed by atoms with van der Waals surface area (Å²) in [5, 5.41) is 10.2. The molecule has 2 unspecified atom stereocenters. The second-order valence-corrected chi connectivity index (χ2v) is 10.5. The zero-order valence-corrected chi connectivity index (χ0v) is 18.6. The highest BCUT2D eigenvalue weighted by Crippen LogP contribution is 2.43. The van der Waals surface area contributed by atoms with Crippen molar-refractivity contribution in [3.8, 4) is 6.07 Å². The number of ether oxygens (including phenoxy) is 1. The minimum absolute atomic E-state index is 0.00996. The highest BCUT2D eigenvalue weighted by molar-refractivity contribution is 7.93. The van der Waals surface area contributed by atoms with Crippen molar-refractivity contribution in [1.82, 2.24) is 0 Å². The molecule has 0 radical (unpaired) electrons. The van der Waals surface area contributed by atoms with Crippen LogP contribution in [0.5, 0.6) is 0 Å². The summed E-state index contributed by atoms with van der Waals surface area (Å²) in [6.07, 6.45) is -0.174. The van der Waals surface area contributed by atoms with Crippen molar-refractivity contribution >= 4 is 15.8 Å². The van der Waals surface area contributed by atoms with Crippen LogP contribution in [-0.4, -0.2) is 19.1 Å². The third-order valence-electron chi connectivity index (χ3n) is 4.81. The van der Waals surface area contributed by atoms with Gasteiger partial charge in [0.1, 0.15) is 0 Å². The molecule has 0 amide bonds. The summed E-state index contributed by atoms with van der Waals surface area (Å²) >= 11 is 0. The average molecular weight is 426 g/mol. The Morgan fingerprint density at radius 3 is 2.17 bits per heavy atom. The Bertz CT molecular complexity index is 1050. The van der Waals surface area contributed by atoms with Crippen LogP contribution in [-0.2, 0) is 19.4 Å². The first-order valence-corrected chi connectivity index (χ1v) is 11.1. The number of aryl methyl sites for hydroxylation is 1. The van der Waals surface area contributed by atoms with Gasteiger partial charge in [-0.1, -0.05) is 54.1 Å². The molecule has 0 bridgehead atoms. The molecule has 0 saturated heterocycles. The van der Waals surface area contributed by atoms with E-state index in [-0.39, 0.29) is 11.3 Å². The van der Waals surface area contributed by atoms with Gasteiger partial charge < -0.3 is 4.74 Å².